The highest BCUT2D eigenvalue weighted by molar-refractivity contribution is 5.76. The lowest BCUT2D eigenvalue weighted by Crippen LogP contribution is -2.53. The molecule has 1 aromatic rings. The maximum atomic E-state index is 12.6. The number of carbonyl (C=O) groups is 1. The topological polar surface area (TPSA) is 53.0 Å². The second-order valence-electron chi connectivity index (χ2n) is 7.02. The van der Waals surface area contributed by atoms with Gasteiger partial charge < -0.3 is 14.7 Å². The summed E-state index contributed by atoms with van der Waals surface area (Å²) in [5, 5.41) is 10.1. The summed E-state index contributed by atoms with van der Waals surface area (Å²) < 4.78 is 5.64. The number of rotatable bonds is 6. The van der Waals surface area contributed by atoms with Crippen molar-refractivity contribution in [2.75, 3.05) is 32.8 Å². The molecule has 5 nitrogen and oxygen atoms in total. The normalized spacial score (nSPS) is 24.5. The van der Waals surface area contributed by atoms with Crippen molar-refractivity contribution in [1.82, 2.24) is 9.80 Å². The molecule has 1 saturated carbocycles. The van der Waals surface area contributed by atoms with Crippen LogP contribution in [0.25, 0.3) is 0 Å². The molecule has 1 heterocycles. The number of hydrogen-bond acceptors (Lipinski definition) is 4. The first-order valence-corrected chi connectivity index (χ1v) is 9.59. The van der Waals surface area contributed by atoms with E-state index in [2.05, 4.69) is 4.90 Å². The van der Waals surface area contributed by atoms with Gasteiger partial charge in [0.1, 0.15) is 5.75 Å². The summed E-state index contributed by atoms with van der Waals surface area (Å²) in [5.41, 5.74) is 1.10. The molecule has 1 aromatic carbocycles. The van der Waals surface area contributed by atoms with E-state index in [9.17, 15) is 9.90 Å². The predicted octanol–water partition coefficient (Wildman–Crippen LogP) is 2.08. The zero-order valence-corrected chi connectivity index (χ0v) is 15.2. The molecule has 0 radical (unpaired) electrons. The summed E-state index contributed by atoms with van der Waals surface area (Å²) in [6.45, 7) is 5.92. The fourth-order valence-corrected chi connectivity index (χ4v) is 4.06. The van der Waals surface area contributed by atoms with Crippen molar-refractivity contribution in [3.8, 4) is 5.75 Å². The lowest BCUT2D eigenvalue weighted by molar-refractivity contribution is -0.133. The van der Waals surface area contributed by atoms with Crippen molar-refractivity contribution in [1.29, 1.82) is 0 Å². The number of aliphatic hydroxyl groups is 1. The minimum atomic E-state index is -0.183. The zero-order valence-electron chi connectivity index (χ0n) is 15.2. The molecule has 1 aliphatic carbocycles. The largest absolute Gasteiger partial charge is 0.494 e. The third-order valence-electron chi connectivity index (χ3n) is 5.46. The van der Waals surface area contributed by atoms with Gasteiger partial charge in [-0.25, -0.2) is 0 Å². The van der Waals surface area contributed by atoms with Crippen LogP contribution in [0.4, 0.5) is 0 Å². The third-order valence-corrected chi connectivity index (χ3v) is 5.46. The average molecular weight is 346 g/mol. The maximum Gasteiger partial charge on any atom is 0.222 e. The first-order valence-electron chi connectivity index (χ1n) is 9.59. The third kappa shape index (κ3) is 4.53. The van der Waals surface area contributed by atoms with Gasteiger partial charge in [0.05, 0.1) is 12.7 Å². The van der Waals surface area contributed by atoms with Crippen molar-refractivity contribution in [2.24, 2.45) is 0 Å². The van der Waals surface area contributed by atoms with Gasteiger partial charge in [-0.3, -0.25) is 9.69 Å². The molecule has 0 unspecified atom stereocenters. The van der Waals surface area contributed by atoms with Crippen LogP contribution in [0.1, 0.15) is 38.2 Å². The van der Waals surface area contributed by atoms with Crippen LogP contribution in [0.15, 0.2) is 24.3 Å². The Kier molecular flexibility index (Phi) is 6.32. The second kappa shape index (κ2) is 8.68. The molecule has 0 aromatic heterocycles. The van der Waals surface area contributed by atoms with Gasteiger partial charge in [-0.05, 0) is 44.2 Å². The van der Waals surface area contributed by atoms with Gasteiger partial charge in [0.25, 0.3) is 0 Å². The fraction of sp³-hybridized carbons (Fsp3) is 0.650. The Morgan fingerprint density at radius 2 is 1.96 bits per heavy atom. The van der Waals surface area contributed by atoms with Gasteiger partial charge in [0.2, 0.25) is 5.91 Å². The Balaban J connectivity index is 1.47. The maximum absolute atomic E-state index is 12.6. The minimum absolute atomic E-state index is 0.183. The Bertz CT molecular complexity index is 570. The van der Waals surface area contributed by atoms with Crippen LogP contribution in [0, 0.1) is 0 Å². The van der Waals surface area contributed by atoms with E-state index in [1.165, 1.54) is 0 Å². The van der Waals surface area contributed by atoms with Gasteiger partial charge in [0, 0.05) is 38.6 Å². The molecule has 1 amide bonds. The van der Waals surface area contributed by atoms with Gasteiger partial charge in [-0.2, -0.15) is 0 Å². The van der Waals surface area contributed by atoms with E-state index in [0.29, 0.717) is 19.1 Å². The molecule has 0 bridgehead atoms. The van der Waals surface area contributed by atoms with Gasteiger partial charge in [0.15, 0.2) is 0 Å². The summed E-state index contributed by atoms with van der Waals surface area (Å²) in [6, 6.07) is 8.27. The monoisotopic (exact) mass is 346 g/mol. The fourth-order valence-electron chi connectivity index (χ4n) is 4.06. The molecular formula is C20H30N2O3. The molecule has 5 heteroatoms. The smallest absolute Gasteiger partial charge is 0.222 e. The average Bonchev–Trinajstić information content (AvgIpc) is 3.07. The summed E-state index contributed by atoms with van der Waals surface area (Å²) in [7, 11) is 0. The Morgan fingerprint density at radius 3 is 2.64 bits per heavy atom. The number of piperazine rings is 1. The number of amides is 1. The van der Waals surface area contributed by atoms with Crippen molar-refractivity contribution in [2.45, 2.75) is 51.2 Å². The van der Waals surface area contributed by atoms with E-state index in [-0.39, 0.29) is 12.0 Å². The molecule has 2 atom stereocenters. The summed E-state index contributed by atoms with van der Waals surface area (Å²) in [5.74, 6) is 1.11. The van der Waals surface area contributed by atoms with E-state index < -0.39 is 0 Å². The first kappa shape index (κ1) is 18.2. The highest BCUT2D eigenvalue weighted by Crippen LogP contribution is 2.25. The van der Waals surface area contributed by atoms with Crippen LogP contribution in [0.5, 0.6) is 5.75 Å². The van der Waals surface area contributed by atoms with Crippen molar-refractivity contribution < 1.29 is 14.6 Å². The number of aliphatic hydroxyl groups excluding tert-OH is 1. The van der Waals surface area contributed by atoms with Crippen LogP contribution in [0.2, 0.25) is 0 Å². The SMILES string of the molecule is CCOc1ccccc1CCC(=O)N1CCN([C@@H]2CCC[C@@H]2O)CC1. The summed E-state index contributed by atoms with van der Waals surface area (Å²) >= 11 is 0. The molecule has 2 aliphatic rings. The molecule has 138 valence electrons. The molecule has 1 aliphatic heterocycles. The van der Waals surface area contributed by atoms with E-state index >= 15 is 0 Å². The summed E-state index contributed by atoms with van der Waals surface area (Å²) in [6.07, 6.45) is 4.18. The number of nitrogens with zero attached hydrogens (tertiary/aromatic N) is 2. The van der Waals surface area contributed by atoms with E-state index in [0.717, 1.165) is 63.2 Å². The predicted molar refractivity (Wildman–Crippen MR) is 97.7 cm³/mol. The van der Waals surface area contributed by atoms with Gasteiger partial charge in [-0.15, -0.1) is 0 Å². The van der Waals surface area contributed by atoms with Crippen LogP contribution >= 0.6 is 0 Å². The molecule has 3 rings (SSSR count). The zero-order chi connectivity index (χ0) is 17.6. The highest BCUT2D eigenvalue weighted by atomic mass is 16.5. The lowest BCUT2D eigenvalue weighted by Gasteiger charge is -2.39. The number of ether oxygens (including phenoxy) is 1. The molecule has 1 saturated heterocycles. The van der Waals surface area contributed by atoms with Crippen molar-refractivity contribution in [3.63, 3.8) is 0 Å². The van der Waals surface area contributed by atoms with Gasteiger partial charge >= 0.3 is 0 Å². The Hall–Kier alpha value is -1.59. The Morgan fingerprint density at radius 1 is 1.20 bits per heavy atom. The number of para-hydroxylation sites is 1. The van der Waals surface area contributed by atoms with Crippen LogP contribution in [0.3, 0.4) is 0 Å². The van der Waals surface area contributed by atoms with Crippen LogP contribution < -0.4 is 4.74 Å². The van der Waals surface area contributed by atoms with Crippen molar-refractivity contribution >= 4 is 5.91 Å². The van der Waals surface area contributed by atoms with E-state index in [4.69, 9.17) is 4.74 Å². The van der Waals surface area contributed by atoms with E-state index in [1.807, 2.05) is 36.1 Å². The molecule has 0 spiro atoms. The lowest BCUT2D eigenvalue weighted by atomic mass is 10.1. The molecule has 2 fully saturated rings. The van der Waals surface area contributed by atoms with Crippen molar-refractivity contribution in [3.05, 3.63) is 29.8 Å². The van der Waals surface area contributed by atoms with Crippen LogP contribution in [-0.2, 0) is 11.2 Å². The minimum Gasteiger partial charge on any atom is -0.494 e. The van der Waals surface area contributed by atoms with Crippen LogP contribution in [-0.4, -0.2) is 65.7 Å². The second-order valence-corrected chi connectivity index (χ2v) is 7.02. The number of aryl methyl sites for hydroxylation is 1. The van der Waals surface area contributed by atoms with Gasteiger partial charge in [-0.1, -0.05) is 18.2 Å². The first-order chi connectivity index (χ1) is 12.2. The molecule has 1 N–H and O–H groups in total. The van der Waals surface area contributed by atoms with E-state index in [1.54, 1.807) is 0 Å². The standard InChI is InChI=1S/C20H30N2O3/c1-2-25-19-9-4-3-6-16(19)10-11-20(24)22-14-12-21(13-15-22)17-7-5-8-18(17)23/h3-4,6,9,17-18,23H,2,5,7-8,10-15H2,1H3/t17-,18+/m1/s1. The quantitative estimate of drug-likeness (QED) is 0.857. The molecular weight excluding hydrogens is 316 g/mol. The summed E-state index contributed by atoms with van der Waals surface area (Å²) in [4.78, 5) is 16.9. The number of benzene rings is 1. The number of hydrogen-bond donors (Lipinski definition) is 1. The number of carbonyl (C=O) groups excluding carboxylic acids is 1. The molecule has 25 heavy (non-hydrogen) atoms. The Labute approximate surface area is 150 Å². The highest BCUT2D eigenvalue weighted by Gasteiger charge is 2.33.